The Labute approximate surface area is 137 Å². The molecule has 0 fully saturated rings. The summed E-state index contributed by atoms with van der Waals surface area (Å²) >= 11 is 11.4. The maximum absolute atomic E-state index is 14.0. The molecule has 0 saturated carbocycles. The highest BCUT2D eigenvalue weighted by atomic mass is 35.5. The summed E-state index contributed by atoms with van der Waals surface area (Å²) in [6.45, 7) is 13.1. The van der Waals surface area contributed by atoms with Crippen molar-refractivity contribution in [1.82, 2.24) is 9.97 Å². The highest BCUT2D eigenvalue weighted by molar-refractivity contribution is 6.90. The summed E-state index contributed by atoms with van der Waals surface area (Å²) in [6, 6.07) is 0. The van der Waals surface area contributed by atoms with Crippen molar-refractivity contribution < 1.29 is 4.39 Å². The molecule has 1 rings (SSSR count). The Kier molecular flexibility index (Phi) is 6.21. The molecule has 0 amide bonds. The maximum atomic E-state index is 14.0. The van der Waals surface area contributed by atoms with Gasteiger partial charge in [-0.05, 0) is 28.2 Å². The van der Waals surface area contributed by atoms with E-state index in [1.54, 1.807) is 0 Å². The van der Waals surface area contributed by atoms with E-state index in [1.165, 1.54) is 0 Å². The van der Waals surface area contributed by atoms with Gasteiger partial charge < -0.3 is 0 Å². The van der Waals surface area contributed by atoms with Crippen molar-refractivity contribution >= 4 is 31.3 Å². The van der Waals surface area contributed by atoms with Crippen molar-refractivity contribution in [2.24, 2.45) is 0 Å². The highest BCUT2D eigenvalue weighted by Crippen LogP contribution is 2.40. The van der Waals surface area contributed by atoms with Crippen LogP contribution in [0.4, 0.5) is 4.39 Å². The van der Waals surface area contributed by atoms with Crippen LogP contribution in [0.3, 0.4) is 0 Å². The minimum atomic E-state index is -1.94. The van der Waals surface area contributed by atoms with Crippen molar-refractivity contribution in [1.29, 1.82) is 0 Å². The Morgan fingerprint density at radius 1 is 0.952 bits per heavy atom. The fourth-order valence-corrected chi connectivity index (χ4v) is 8.66. The van der Waals surface area contributed by atoms with Gasteiger partial charge in [0.1, 0.15) is 8.07 Å². The largest absolute Gasteiger partial charge is 0.225 e. The van der Waals surface area contributed by atoms with Gasteiger partial charge in [0, 0.05) is 0 Å². The van der Waals surface area contributed by atoms with Gasteiger partial charge in [-0.2, -0.15) is 0 Å². The number of rotatable bonds is 3. The second kappa shape index (κ2) is 7.08. The summed E-state index contributed by atoms with van der Waals surface area (Å²) < 4.78 is 14.0. The van der Waals surface area contributed by atoms with Crippen molar-refractivity contribution in [3.63, 3.8) is 0 Å². The summed E-state index contributed by atoms with van der Waals surface area (Å²) in [6.07, 6.45) is 0. The minimum Gasteiger partial charge on any atom is -0.206 e. The number of halogens is 3. The first-order valence-corrected chi connectivity index (χ1v) is 10.0. The van der Waals surface area contributed by atoms with Gasteiger partial charge in [0.05, 0.1) is 0 Å². The van der Waals surface area contributed by atoms with Gasteiger partial charge in [0.25, 0.3) is 0 Å². The standard InChI is InChI=1S/C15H21Cl2FN2Si/c1-9(2)21(10(3)4,11(5)6)8-7-12-13(18)14(16)20-15(17)19-12/h9-11H,1-6H3. The molecule has 0 spiro atoms. The minimum absolute atomic E-state index is 0.0150. The average Bonchev–Trinajstić information content (AvgIpc) is 2.34. The maximum Gasteiger partial charge on any atom is 0.225 e. The topological polar surface area (TPSA) is 25.8 Å². The van der Waals surface area contributed by atoms with E-state index in [-0.39, 0.29) is 16.1 Å². The summed E-state index contributed by atoms with van der Waals surface area (Å²) in [7, 11) is -1.94. The Morgan fingerprint density at radius 2 is 1.43 bits per heavy atom. The van der Waals surface area contributed by atoms with Crippen molar-refractivity contribution in [3.05, 3.63) is 21.9 Å². The SMILES string of the molecule is CC(C)[Si](C#Cc1nc(Cl)nc(Cl)c1F)(C(C)C)C(C)C. The van der Waals surface area contributed by atoms with Crippen LogP contribution in [-0.2, 0) is 0 Å². The van der Waals surface area contributed by atoms with Crippen molar-refractivity contribution in [2.45, 2.75) is 58.2 Å². The van der Waals surface area contributed by atoms with Crippen molar-refractivity contribution in [3.8, 4) is 11.5 Å². The first-order chi connectivity index (χ1) is 9.62. The van der Waals surface area contributed by atoms with Gasteiger partial charge in [0.15, 0.2) is 16.7 Å². The summed E-state index contributed by atoms with van der Waals surface area (Å²) in [4.78, 5) is 7.43. The second-order valence-corrected chi connectivity index (χ2v) is 12.4. The second-order valence-electron chi connectivity index (χ2n) is 6.09. The highest BCUT2D eigenvalue weighted by Gasteiger charge is 2.41. The van der Waals surface area contributed by atoms with Crippen LogP contribution in [0, 0.1) is 17.3 Å². The number of nitrogens with zero attached hydrogens (tertiary/aromatic N) is 2. The molecule has 0 aliphatic rings. The molecular formula is C15H21Cl2FN2Si. The third kappa shape index (κ3) is 3.77. The average molecular weight is 347 g/mol. The normalized spacial score (nSPS) is 12.0. The lowest BCUT2D eigenvalue weighted by Gasteiger charge is -2.38. The third-order valence-corrected chi connectivity index (χ3v) is 10.8. The van der Waals surface area contributed by atoms with Crippen LogP contribution < -0.4 is 0 Å². The molecule has 1 heterocycles. The van der Waals surface area contributed by atoms with Gasteiger partial charge in [-0.1, -0.05) is 59.1 Å². The molecule has 116 valence electrons. The first kappa shape index (κ1) is 18.4. The number of aromatic nitrogens is 2. The smallest absolute Gasteiger partial charge is 0.206 e. The molecule has 21 heavy (non-hydrogen) atoms. The summed E-state index contributed by atoms with van der Waals surface area (Å²) in [5, 5.41) is -0.373. The molecule has 0 aromatic carbocycles. The molecule has 0 aliphatic carbocycles. The van der Waals surface area contributed by atoms with Crippen LogP contribution in [-0.4, -0.2) is 18.0 Å². The lowest BCUT2D eigenvalue weighted by molar-refractivity contribution is 0.609. The molecule has 0 bridgehead atoms. The molecule has 0 atom stereocenters. The fourth-order valence-electron chi connectivity index (χ4n) is 3.08. The van der Waals surface area contributed by atoms with Crippen LogP contribution >= 0.6 is 23.2 Å². The van der Waals surface area contributed by atoms with E-state index in [9.17, 15) is 4.39 Å². The van der Waals surface area contributed by atoms with E-state index in [1.807, 2.05) is 0 Å². The van der Waals surface area contributed by atoms with Gasteiger partial charge in [-0.3, -0.25) is 0 Å². The quantitative estimate of drug-likeness (QED) is 0.313. The predicted molar refractivity (Wildman–Crippen MR) is 89.9 cm³/mol. The number of hydrogen-bond acceptors (Lipinski definition) is 2. The molecule has 0 N–H and O–H groups in total. The molecule has 0 radical (unpaired) electrons. The van der Waals surface area contributed by atoms with Crippen LogP contribution in [0.5, 0.6) is 0 Å². The van der Waals surface area contributed by atoms with E-state index in [0.29, 0.717) is 16.6 Å². The van der Waals surface area contributed by atoms with E-state index < -0.39 is 13.9 Å². The molecule has 0 aliphatic heterocycles. The van der Waals surface area contributed by atoms with Crippen LogP contribution in [0.15, 0.2) is 0 Å². The molecule has 2 nitrogen and oxygen atoms in total. The Balaban J connectivity index is 3.42. The van der Waals surface area contributed by atoms with Gasteiger partial charge in [-0.25, -0.2) is 14.4 Å². The first-order valence-electron chi connectivity index (χ1n) is 7.04. The third-order valence-electron chi connectivity index (χ3n) is 4.05. The van der Waals surface area contributed by atoms with E-state index in [0.717, 1.165) is 0 Å². The number of hydrogen-bond donors (Lipinski definition) is 0. The van der Waals surface area contributed by atoms with E-state index in [2.05, 4.69) is 63.0 Å². The van der Waals surface area contributed by atoms with Crippen molar-refractivity contribution in [2.75, 3.05) is 0 Å². The van der Waals surface area contributed by atoms with Gasteiger partial charge in [0.2, 0.25) is 5.28 Å². The zero-order valence-electron chi connectivity index (χ0n) is 13.3. The zero-order chi connectivity index (χ0) is 16.4. The lowest BCUT2D eigenvalue weighted by Crippen LogP contribution is -2.43. The van der Waals surface area contributed by atoms with Crippen LogP contribution in [0.1, 0.15) is 47.2 Å². The summed E-state index contributed by atoms with van der Waals surface area (Å²) in [5.41, 5.74) is 4.75. The Morgan fingerprint density at radius 3 is 1.86 bits per heavy atom. The van der Waals surface area contributed by atoms with Gasteiger partial charge in [-0.15, -0.1) is 5.54 Å². The monoisotopic (exact) mass is 346 g/mol. The molecule has 6 heteroatoms. The van der Waals surface area contributed by atoms with E-state index >= 15 is 0 Å². The van der Waals surface area contributed by atoms with E-state index in [4.69, 9.17) is 23.2 Å². The van der Waals surface area contributed by atoms with Gasteiger partial charge >= 0.3 is 0 Å². The molecule has 1 aromatic rings. The van der Waals surface area contributed by atoms with Crippen LogP contribution in [0.2, 0.25) is 27.1 Å². The molecule has 1 aromatic heterocycles. The predicted octanol–water partition coefficient (Wildman–Crippen LogP) is 5.49. The Hall–Kier alpha value is -0.633. The summed E-state index contributed by atoms with van der Waals surface area (Å²) in [5.74, 6) is 2.20. The fraction of sp³-hybridized carbons (Fsp3) is 0.600. The van der Waals surface area contributed by atoms with Crippen LogP contribution in [0.25, 0.3) is 0 Å². The lowest BCUT2D eigenvalue weighted by atomic mass is 10.4. The Bertz CT molecular complexity index is 555. The molecule has 0 saturated heterocycles. The zero-order valence-corrected chi connectivity index (χ0v) is 15.8. The molecular weight excluding hydrogens is 326 g/mol. The molecule has 0 unspecified atom stereocenters.